The van der Waals surface area contributed by atoms with Crippen LogP contribution in [-0.2, 0) is 6.54 Å². The number of methoxy groups -OCH3 is 1. The lowest BCUT2D eigenvalue weighted by molar-refractivity contribution is 0.415. The molecule has 0 saturated heterocycles. The molecule has 0 unspecified atom stereocenters. The van der Waals surface area contributed by atoms with Crippen LogP contribution in [0.1, 0.15) is 11.1 Å². The van der Waals surface area contributed by atoms with Crippen molar-refractivity contribution in [2.45, 2.75) is 13.5 Å². The molecule has 0 aliphatic rings. The molecule has 2 aromatic rings. The van der Waals surface area contributed by atoms with E-state index in [1.807, 2.05) is 25.2 Å². The van der Waals surface area contributed by atoms with Crippen molar-refractivity contribution in [3.05, 3.63) is 52.5 Å². The van der Waals surface area contributed by atoms with Crippen LogP contribution in [0.4, 0.5) is 0 Å². The summed E-state index contributed by atoms with van der Waals surface area (Å²) in [5.74, 6) is 0.705. The first-order chi connectivity index (χ1) is 9.15. The van der Waals surface area contributed by atoms with Gasteiger partial charge in [-0.25, -0.2) is 0 Å². The van der Waals surface area contributed by atoms with Crippen molar-refractivity contribution in [3.63, 3.8) is 0 Å². The van der Waals surface area contributed by atoms with Crippen LogP contribution < -0.4 is 10.1 Å². The molecule has 0 heterocycles. The zero-order valence-electron chi connectivity index (χ0n) is 11.5. The van der Waals surface area contributed by atoms with Gasteiger partial charge in [0.15, 0.2) is 0 Å². The summed E-state index contributed by atoms with van der Waals surface area (Å²) < 4.78 is 5.29. The summed E-state index contributed by atoms with van der Waals surface area (Å²) in [5.41, 5.74) is 4.83. The predicted molar refractivity (Wildman–Crippen MR) is 80.9 cm³/mol. The molecule has 0 atom stereocenters. The van der Waals surface area contributed by atoms with Crippen LogP contribution in [0.15, 0.2) is 36.4 Å². The maximum absolute atomic E-state index is 6.08. The van der Waals surface area contributed by atoms with Gasteiger partial charge in [0.25, 0.3) is 0 Å². The third kappa shape index (κ3) is 3.09. The largest absolute Gasteiger partial charge is 0.495 e. The molecule has 0 bridgehead atoms. The smallest absolute Gasteiger partial charge is 0.138 e. The second-order valence-electron chi connectivity index (χ2n) is 4.54. The Hall–Kier alpha value is -1.51. The van der Waals surface area contributed by atoms with Gasteiger partial charge in [0.2, 0.25) is 0 Å². The third-order valence-electron chi connectivity index (χ3n) is 3.09. The fraction of sp³-hybridized carbons (Fsp3) is 0.250. The zero-order chi connectivity index (χ0) is 13.8. The third-order valence-corrected chi connectivity index (χ3v) is 3.41. The molecule has 0 saturated carbocycles. The summed E-state index contributed by atoms with van der Waals surface area (Å²) in [6, 6.07) is 12.4. The fourth-order valence-corrected chi connectivity index (χ4v) is 2.33. The van der Waals surface area contributed by atoms with Crippen LogP contribution in [0.25, 0.3) is 11.1 Å². The van der Waals surface area contributed by atoms with Gasteiger partial charge in [0.05, 0.1) is 12.1 Å². The molecule has 100 valence electrons. The van der Waals surface area contributed by atoms with Crippen molar-refractivity contribution in [3.8, 4) is 16.9 Å². The van der Waals surface area contributed by atoms with Crippen LogP contribution in [0.2, 0.25) is 5.02 Å². The molecule has 0 radical (unpaired) electrons. The van der Waals surface area contributed by atoms with Gasteiger partial charge in [-0.1, -0.05) is 41.4 Å². The van der Waals surface area contributed by atoms with Crippen molar-refractivity contribution in [1.29, 1.82) is 0 Å². The van der Waals surface area contributed by atoms with Crippen molar-refractivity contribution in [1.82, 2.24) is 5.32 Å². The van der Waals surface area contributed by atoms with Crippen LogP contribution in [0, 0.1) is 6.92 Å². The first kappa shape index (κ1) is 13.9. The van der Waals surface area contributed by atoms with Crippen LogP contribution in [-0.4, -0.2) is 14.2 Å². The minimum atomic E-state index is 0.633. The monoisotopic (exact) mass is 275 g/mol. The molecular weight excluding hydrogens is 258 g/mol. The van der Waals surface area contributed by atoms with Gasteiger partial charge < -0.3 is 10.1 Å². The number of benzene rings is 2. The van der Waals surface area contributed by atoms with E-state index >= 15 is 0 Å². The van der Waals surface area contributed by atoms with Gasteiger partial charge in [0.1, 0.15) is 5.75 Å². The molecule has 0 fully saturated rings. The highest BCUT2D eigenvalue weighted by Gasteiger charge is 2.08. The summed E-state index contributed by atoms with van der Waals surface area (Å²) >= 11 is 6.08. The number of rotatable bonds is 4. The molecule has 0 aliphatic carbocycles. The van der Waals surface area contributed by atoms with Crippen LogP contribution in [0.5, 0.6) is 5.75 Å². The number of ether oxygens (including phenoxy) is 1. The molecule has 2 rings (SSSR count). The van der Waals surface area contributed by atoms with Gasteiger partial charge in [-0.3, -0.25) is 0 Å². The highest BCUT2D eigenvalue weighted by atomic mass is 35.5. The number of aryl methyl sites for hydroxylation is 1. The van der Waals surface area contributed by atoms with E-state index in [1.165, 1.54) is 16.7 Å². The Bertz CT molecular complexity index is 581. The number of halogens is 1. The SMILES string of the molecule is CNCc1ccc(C)cc1-c1ccc(Cl)c(OC)c1. The lowest BCUT2D eigenvalue weighted by Crippen LogP contribution is -2.06. The predicted octanol–water partition coefficient (Wildman–Crippen LogP) is 4.04. The summed E-state index contributed by atoms with van der Waals surface area (Å²) in [4.78, 5) is 0. The maximum Gasteiger partial charge on any atom is 0.138 e. The van der Waals surface area contributed by atoms with Crippen molar-refractivity contribution < 1.29 is 4.74 Å². The van der Waals surface area contributed by atoms with E-state index in [-0.39, 0.29) is 0 Å². The van der Waals surface area contributed by atoms with Crippen molar-refractivity contribution in [2.75, 3.05) is 14.2 Å². The Morgan fingerprint density at radius 1 is 1.16 bits per heavy atom. The normalized spacial score (nSPS) is 10.5. The molecule has 0 amide bonds. The van der Waals surface area contributed by atoms with Gasteiger partial charge in [-0.05, 0) is 42.8 Å². The molecule has 1 N–H and O–H groups in total. The second-order valence-corrected chi connectivity index (χ2v) is 4.95. The first-order valence-electron chi connectivity index (χ1n) is 6.23. The van der Waals surface area contributed by atoms with E-state index in [0.717, 1.165) is 12.1 Å². The molecule has 0 aliphatic heterocycles. The van der Waals surface area contributed by atoms with E-state index in [4.69, 9.17) is 16.3 Å². The van der Waals surface area contributed by atoms with Crippen molar-refractivity contribution in [2.24, 2.45) is 0 Å². The number of hydrogen-bond acceptors (Lipinski definition) is 2. The molecule has 0 aromatic heterocycles. The highest BCUT2D eigenvalue weighted by molar-refractivity contribution is 6.32. The minimum Gasteiger partial charge on any atom is -0.495 e. The standard InChI is InChI=1S/C16H18ClNO/c1-11-4-5-13(10-18-2)14(8-11)12-6-7-15(17)16(9-12)19-3/h4-9,18H,10H2,1-3H3. The van der Waals surface area contributed by atoms with Crippen molar-refractivity contribution >= 4 is 11.6 Å². The number of nitrogens with one attached hydrogen (secondary N) is 1. The highest BCUT2D eigenvalue weighted by Crippen LogP contribution is 2.32. The topological polar surface area (TPSA) is 21.3 Å². The Labute approximate surface area is 119 Å². The first-order valence-corrected chi connectivity index (χ1v) is 6.61. The minimum absolute atomic E-state index is 0.633. The summed E-state index contributed by atoms with van der Waals surface area (Å²) in [7, 11) is 3.59. The lowest BCUT2D eigenvalue weighted by atomic mass is 9.97. The quantitative estimate of drug-likeness (QED) is 0.909. The Morgan fingerprint density at radius 2 is 1.95 bits per heavy atom. The molecule has 0 spiro atoms. The second kappa shape index (κ2) is 6.09. The van der Waals surface area contributed by atoms with E-state index in [2.05, 4.69) is 30.4 Å². The molecule has 2 nitrogen and oxygen atoms in total. The average molecular weight is 276 g/mol. The van der Waals surface area contributed by atoms with Crippen LogP contribution >= 0.6 is 11.6 Å². The molecule has 19 heavy (non-hydrogen) atoms. The van der Waals surface area contributed by atoms with Gasteiger partial charge in [-0.2, -0.15) is 0 Å². The Morgan fingerprint density at radius 3 is 2.63 bits per heavy atom. The molecular formula is C16H18ClNO. The van der Waals surface area contributed by atoms with Crippen LogP contribution in [0.3, 0.4) is 0 Å². The van der Waals surface area contributed by atoms with Gasteiger partial charge in [0, 0.05) is 6.54 Å². The van der Waals surface area contributed by atoms with Gasteiger partial charge in [-0.15, -0.1) is 0 Å². The van der Waals surface area contributed by atoms with E-state index < -0.39 is 0 Å². The fourth-order valence-electron chi connectivity index (χ4n) is 2.13. The Balaban J connectivity index is 2.53. The lowest BCUT2D eigenvalue weighted by Gasteiger charge is -2.12. The number of hydrogen-bond donors (Lipinski definition) is 1. The van der Waals surface area contributed by atoms with E-state index in [9.17, 15) is 0 Å². The average Bonchev–Trinajstić information content (AvgIpc) is 2.42. The summed E-state index contributed by atoms with van der Waals surface area (Å²) in [5, 5.41) is 3.83. The molecule has 2 aromatic carbocycles. The molecule has 3 heteroatoms. The summed E-state index contributed by atoms with van der Waals surface area (Å²) in [6.45, 7) is 2.93. The maximum atomic E-state index is 6.08. The zero-order valence-corrected chi connectivity index (χ0v) is 12.2. The van der Waals surface area contributed by atoms with Gasteiger partial charge >= 0.3 is 0 Å². The summed E-state index contributed by atoms with van der Waals surface area (Å²) in [6.07, 6.45) is 0. The van der Waals surface area contributed by atoms with E-state index in [0.29, 0.717) is 10.8 Å². The Kier molecular flexibility index (Phi) is 4.46. The van der Waals surface area contributed by atoms with E-state index in [1.54, 1.807) is 7.11 Å².